The first-order valence-corrected chi connectivity index (χ1v) is 9.28. The van der Waals surface area contributed by atoms with Gasteiger partial charge in [0.05, 0.1) is 0 Å². The van der Waals surface area contributed by atoms with Gasteiger partial charge in [0.1, 0.15) is 11.8 Å². The van der Waals surface area contributed by atoms with Crippen molar-refractivity contribution in [2.75, 3.05) is 13.7 Å². The Morgan fingerprint density at radius 3 is 2.48 bits per heavy atom. The van der Waals surface area contributed by atoms with Gasteiger partial charge in [-0.2, -0.15) is 0 Å². The number of carbonyl (C=O) groups excluding carboxylic acids is 2. The number of carbonyl (C=O) groups is 2. The lowest BCUT2D eigenvalue weighted by Gasteiger charge is -2.30. The molecule has 0 saturated heterocycles. The molecule has 0 aliphatic rings. The van der Waals surface area contributed by atoms with Gasteiger partial charge < -0.3 is 15.0 Å². The predicted octanol–water partition coefficient (Wildman–Crippen LogP) is 3.58. The number of amides is 2. The van der Waals surface area contributed by atoms with E-state index in [0.29, 0.717) is 23.7 Å². The van der Waals surface area contributed by atoms with Gasteiger partial charge in [-0.3, -0.25) is 9.59 Å². The van der Waals surface area contributed by atoms with Gasteiger partial charge in [-0.1, -0.05) is 48.9 Å². The fraction of sp³-hybridized carbons (Fsp3) is 0.333. The van der Waals surface area contributed by atoms with Crippen LogP contribution in [0, 0.1) is 6.92 Å². The number of ether oxygens (including phenoxy) is 1. The normalized spacial score (nSPS) is 11.6. The van der Waals surface area contributed by atoms with Crippen molar-refractivity contribution in [1.29, 1.82) is 0 Å². The Labute approximate surface area is 165 Å². The van der Waals surface area contributed by atoms with Gasteiger partial charge >= 0.3 is 0 Å². The van der Waals surface area contributed by atoms with Crippen molar-refractivity contribution in [2.45, 2.75) is 32.9 Å². The molecule has 0 saturated carbocycles. The molecule has 2 aromatic carbocycles. The summed E-state index contributed by atoms with van der Waals surface area (Å²) in [5.74, 6) is 0.129. The molecule has 0 aromatic heterocycles. The molecule has 0 aliphatic carbocycles. The molecule has 0 heterocycles. The summed E-state index contributed by atoms with van der Waals surface area (Å²) in [6, 6.07) is 14.3. The lowest BCUT2D eigenvalue weighted by atomic mass is 10.1. The number of nitrogens with zero attached hydrogens (tertiary/aromatic N) is 1. The van der Waals surface area contributed by atoms with Crippen molar-refractivity contribution < 1.29 is 14.3 Å². The molecule has 5 nitrogen and oxygen atoms in total. The number of benzene rings is 2. The predicted molar refractivity (Wildman–Crippen MR) is 107 cm³/mol. The van der Waals surface area contributed by atoms with Crippen LogP contribution >= 0.6 is 11.6 Å². The Morgan fingerprint density at radius 1 is 1.19 bits per heavy atom. The zero-order valence-electron chi connectivity index (χ0n) is 15.9. The van der Waals surface area contributed by atoms with Gasteiger partial charge in [0, 0.05) is 18.6 Å². The van der Waals surface area contributed by atoms with Crippen LogP contribution in [0.3, 0.4) is 0 Å². The van der Waals surface area contributed by atoms with E-state index in [2.05, 4.69) is 5.32 Å². The van der Waals surface area contributed by atoms with Gasteiger partial charge in [-0.05, 0) is 42.7 Å². The van der Waals surface area contributed by atoms with Crippen LogP contribution in [0.2, 0.25) is 5.02 Å². The van der Waals surface area contributed by atoms with E-state index in [1.165, 1.54) is 0 Å². The van der Waals surface area contributed by atoms with Crippen molar-refractivity contribution in [1.82, 2.24) is 10.2 Å². The molecule has 1 N–H and O–H groups in total. The fourth-order valence-corrected chi connectivity index (χ4v) is 2.92. The summed E-state index contributed by atoms with van der Waals surface area (Å²) in [6.07, 6.45) is 0.512. The second-order valence-corrected chi connectivity index (χ2v) is 6.65. The molecule has 0 radical (unpaired) electrons. The van der Waals surface area contributed by atoms with Crippen molar-refractivity contribution >= 4 is 23.4 Å². The molecule has 0 fully saturated rings. The number of likely N-dealkylation sites (N-methyl/N-ethyl adjacent to an activating group) is 1. The van der Waals surface area contributed by atoms with Gasteiger partial charge in [-0.15, -0.1) is 0 Å². The van der Waals surface area contributed by atoms with E-state index in [1.54, 1.807) is 30.1 Å². The quantitative estimate of drug-likeness (QED) is 0.751. The molecule has 0 spiro atoms. The lowest BCUT2D eigenvalue weighted by Crippen LogP contribution is -2.49. The Bertz CT molecular complexity index is 780. The summed E-state index contributed by atoms with van der Waals surface area (Å²) in [5.41, 5.74) is 1.83. The summed E-state index contributed by atoms with van der Waals surface area (Å²) in [5, 5.41) is 3.28. The van der Waals surface area contributed by atoms with E-state index in [9.17, 15) is 9.59 Å². The molecule has 1 unspecified atom stereocenters. The number of hydrogen-bond acceptors (Lipinski definition) is 3. The van der Waals surface area contributed by atoms with E-state index in [4.69, 9.17) is 16.3 Å². The van der Waals surface area contributed by atoms with Crippen LogP contribution in [0.15, 0.2) is 48.5 Å². The van der Waals surface area contributed by atoms with Crippen molar-refractivity contribution in [3.63, 3.8) is 0 Å². The maximum atomic E-state index is 12.9. The minimum atomic E-state index is -0.557. The molecular weight excluding hydrogens is 364 g/mol. The van der Waals surface area contributed by atoms with Crippen molar-refractivity contribution in [2.24, 2.45) is 0 Å². The summed E-state index contributed by atoms with van der Waals surface area (Å²) in [6.45, 7) is 3.95. The van der Waals surface area contributed by atoms with Crippen LogP contribution in [-0.2, 0) is 16.1 Å². The standard InChI is InChI=1S/C21H25ClN2O3/c1-4-19(21(26)23-3)24(13-16-8-6-5-7-9-16)20(25)14-27-17-10-11-18(22)15(2)12-17/h5-12,19H,4,13-14H2,1-3H3,(H,23,26). The number of rotatable bonds is 8. The summed E-state index contributed by atoms with van der Waals surface area (Å²) >= 11 is 6.02. The van der Waals surface area contributed by atoms with Crippen LogP contribution in [0.1, 0.15) is 24.5 Å². The highest BCUT2D eigenvalue weighted by Crippen LogP contribution is 2.21. The highest BCUT2D eigenvalue weighted by molar-refractivity contribution is 6.31. The molecule has 27 heavy (non-hydrogen) atoms. The summed E-state index contributed by atoms with van der Waals surface area (Å²) in [4.78, 5) is 26.7. The maximum absolute atomic E-state index is 12.9. The van der Waals surface area contributed by atoms with Crippen LogP contribution in [0.25, 0.3) is 0 Å². The molecule has 0 bridgehead atoms. The molecule has 2 aromatic rings. The average molecular weight is 389 g/mol. The Hall–Kier alpha value is -2.53. The lowest BCUT2D eigenvalue weighted by molar-refractivity contribution is -0.142. The number of nitrogens with one attached hydrogen (secondary N) is 1. The third kappa shape index (κ3) is 5.73. The minimum absolute atomic E-state index is 0.151. The van der Waals surface area contributed by atoms with Gasteiger partial charge in [0.25, 0.3) is 5.91 Å². The first-order chi connectivity index (χ1) is 13.0. The molecular formula is C21H25ClN2O3. The molecule has 1 atom stereocenters. The second-order valence-electron chi connectivity index (χ2n) is 6.25. The van der Waals surface area contributed by atoms with Crippen LogP contribution < -0.4 is 10.1 Å². The smallest absolute Gasteiger partial charge is 0.261 e. The molecule has 2 rings (SSSR count). The van der Waals surface area contributed by atoms with Crippen LogP contribution in [-0.4, -0.2) is 36.4 Å². The highest BCUT2D eigenvalue weighted by atomic mass is 35.5. The Morgan fingerprint density at radius 2 is 1.89 bits per heavy atom. The first-order valence-electron chi connectivity index (χ1n) is 8.90. The van der Waals surface area contributed by atoms with Gasteiger partial charge in [0.15, 0.2) is 6.61 Å². The Kier molecular flexibility index (Phi) is 7.67. The second kappa shape index (κ2) is 9.97. The first kappa shape index (κ1) is 20.8. The minimum Gasteiger partial charge on any atom is -0.484 e. The van der Waals surface area contributed by atoms with E-state index in [1.807, 2.05) is 44.2 Å². The van der Waals surface area contributed by atoms with Crippen LogP contribution in [0.5, 0.6) is 5.75 Å². The average Bonchev–Trinajstić information content (AvgIpc) is 2.69. The summed E-state index contributed by atoms with van der Waals surface area (Å²) < 4.78 is 5.65. The largest absolute Gasteiger partial charge is 0.484 e. The van der Waals surface area contributed by atoms with Gasteiger partial charge in [-0.25, -0.2) is 0 Å². The van der Waals surface area contributed by atoms with E-state index in [-0.39, 0.29) is 18.4 Å². The third-order valence-corrected chi connectivity index (χ3v) is 4.74. The van der Waals surface area contributed by atoms with Crippen LogP contribution in [0.4, 0.5) is 0 Å². The number of hydrogen-bond donors (Lipinski definition) is 1. The maximum Gasteiger partial charge on any atom is 0.261 e. The topological polar surface area (TPSA) is 58.6 Å². The van der Waals surface area contributed by atoms with Crippen molar-refractivity contribution in [3.8, 4) is 5.75 Å². The van der Waals surface area contributed by atoms with E-state index < -0.39 is 6.04 Å². The highest BCUT2D eigenvalue weighted by Gasteiger charge is 2.28. The molecule has 144 valence electrons. The third-order valence-electron chi connectivity index (χ3n) is 4.32. The zero-order chi connectivity index (χ0) is 19.8. The van der Waals surface area contributed by atoms with Gasteiger partial charge in [0.2, 0.25) is 5.91 Å². The van der Waals surface area contributed by atoms with Crippen molar-refractivity contribution in [3.05, 3.63) is 64.7 Å². The molecule has 0 aliphatic heterocycles. The van der Waals surface area contributed by atoms with E-state index in [0.717, 1.165) is 11.1 Å². The fourth-order valence-electron chi connectivity index (χ4n) is 2.80. The number of halogens is 1. The monoisotopic (exact) mass is 388 g/mol. The SMILES string of the molecule is CCC(C(=O)NC)N(Cc1ccccc1)C(=O)COc1ccc(Cl)c(C)c1. The Balaban J connectivity index is 2.16. The molecule has 2 amide bonds. The zero-order valence-corrected chi connectivity index (χ0v) is 16.6. The number of aryl methyl sites for hydroxylation is 1. The summed E-state index contributed by atoms with van der Waals surface area (Å²) in [7, 11) is 1.57. The van der Waals surface area contributed by atoms with E-state index >= 15 is 0 Å². The molecule has 6 heteroatoms.